The number of aromatic nitrogens is 3. The normalized spacial score (nSPS) is 10.9. The highest BCUT2D eigenvalue weighted by molar-refractivity contribution is 7.99. The molecule has 9 heteroatoms. The van der Waals surface area contributed by atoms with Gasteiger partial charge in [0.25, 0.3) is 0 Å². The lowest BCUT2D eigenvalue weighted by molar-refractivity contribution is -0.118. The van der Waals surface area contributed by atoms with Crippen molar-refractivity contribution in [2.75, 3.05) is 12.3 Å². The van der Waals surface area contributed by atoms with Crippen LogP contribution < -0.4 is 5.32 Å². The predicted octanol–water partition coefficient (Wildman–Crippen LogP) is 5.18. The SMILES string of the molecule is CCc1ccc(C(=O)CSc2nnc(CCCNC(C)=O)n2-c2ccc(Cl)c(Cl)c2)cc1. The van der Waals surface area contributed by atoms with E-state index in [1.165, 1.54) is 24.2 Å². The van der Waals surface area contributed by atoms with Gasteiger partial charge in [0.05, 0.1) is 21.5 Å². The number of benzene rings is 2. The first-order chi connectivity index (χ1) is 15.4. The van der Waals surface area contributed by atoms with E-state index in [2.05, 4.69) is 22.4 Å². The van der Waals surface area contributed by atoms with Crippen molar-refractivity contribution >= 4 is 46.7 Å². The van der Waals surface area contributed by atoms with Gasteiger partial charge in [-0.05, 0) is 36.6 Å². The van der Waals surface area contributed by atoms with Gasteiger partial charge in [0.2, 0.25) is 5.91 Å². The topological polar surface area (TPSA) is 76.9 Å². The van der Waals surface area contributed by atoms with E-state index >= 15 is 0 Å². The fourth-order valence-corrected chi connectivity index (χ4v) is 4.25. The zero-order chi connectivity index (χ0) is 23.1. The molecule has 0 aliphatic carbocycles. The van der Waals surface area contributed by atoms with Crippen LogP contribution in [0.25, 0.3) is 5.69 Å². The zero-order valence-corrected chi connectivity index (χ0v) is 20.2. The smallest absolute Gasteiger partial charge is 0.216 e. The van der Waals surface area contributed by atoms with Crippen LogP contribution in [0.4, 0.5) is 0 Å². The Kier molecular flexibility index (Phi) is 8.73. The number of thioether (sulfide) groups is 1. The number of hydrogen-bond acceptors (Lipinski definition) is 5. The van der Waals surface area contributed by atoms with Crippen molar-refractivity contribution < 1.29 is 9.59 Å². The second-order valence-corrected chi connectivity index (χ2v) is 8.94. The van der Waals surface area contributed by atoms with Gasteiger partial charge in [-0.3, -0.25) is 14.2 Å². The molecule has 0 unspecified atom stereocenters. The van der Waals surface area contributed by atoms with Crippen LogP contribution in [0.5, 0.6) is 0 Å². The number of ketones is 1. The third kappa shape index (κ3) is 6.34. The maximum Gasteiger partial charge on any atom is 0.216 e. The van der Waals surface area contributed by atoms with Gasteiger partial charge in [-0.15, -0.1) is 10.2 Å². The quantitative estimate of drug-likeness (QED) is 0.240. The summed E-state index contributed by atoms with van der Waals surface area (Å²) in [7, 11) is 0. The van der Waals surface area contributed by atoms with Crippen molar-refractivity contribution in [2.24, 2.45) is 0 Å². The minimum absolute atomic E-state index is 0.0218. The summed E-state index contributed by atoms with van der Waals surface area (Å²) in [6.45, 7) is 4.11. The zero-order valence-electron chi connectivity index (χ0n) is 17.9. The lowest BCUT2D eigenvalue weighted by Crippen LogP contribution is -2.21. The van der Waals surface area contributed by atoms with Crippen LogP contribution in [-0.4, -0.2) is 38.8 Å². The molecule has 3 rings (SSSR count). The van der Waals surface area contributed by atoms with Gasteiger partial charge in [0.15, 0.2) is 10.9 Å². The number of hydrogen-bond donors (Lipinski definition) is 1. The first-order valence-electron chi connectivity index (χ1n) is 10.3. The average molecular weight is 491 g/mol. The van der Waals surface area contributed by atoms with Crippen molar-refractivity contribution in [2.45, 2.75) is 38.3 Å². The number of halogens is 2. The number of nitrogens with zero attached hydrogens (tertiary/aromatic N) is 3. The second-order valence-electron chi connectivity index (χ2n) is 7.18. The number of rotatable bonds is 10. The number of aryl methyl sites for hydroxylation is 2. The first kappa shape index (κ1) is 24.3. The van der Waals surface area contributed by atoms with E-state index in [0.717, 1.165) is 17.9 Å². The van der Waals surface area contributed by atoms with Crippen LogP contribution in [0, 0.1) is 0 Å². The summed E-state index contributed by atoms with van der Waals surface area (Å²) in [5, 5.41) is 12.9. The molecule has 32 heavy (non-hydrogen) atoms. The van der Waals surface area contributed by atoms with Crippen LogP contribution in [0.15, 0.2) is 47.6 Å². The van der Waals surface area contributed by atoms with Gasteiger partial charge in [-0.1, -0.05) is 66.2 Å². The molecule has 0 aliphatic rings. The van der Waals surface area contributed by atoms with Crippen LogP contribution >= 0.6 is 35.0 Å². The third-order valence-electron chi connectivity index (χ3n) is 4.83. The molecule has 0 saturated carbocycles. The standard InChI is InChI=1S/C23H24Cl2N4O2S/c1-3-16-6-8-17(9-7-16)21(31)14-32-23-28-27-22(5-4-12-26-15(2)30)29(23)18-10-11-19(24)20(25)13-18/h6-11,13H,3-5,12,14H2,1-2H3,(H,26,30). The Bertz CT molecular complexity index is 1100. The molecule has 0 bridgehead atoms. The minimum Gasteiger partial charge on any atom is -0.356 e. The molecular weight excluding hydrogens is 467 g/mol. The molecule has 1 aromatic heterocycles. The Hall–Kier alpha value is -2.35. The number of Topliss-reactive ketones (excluding diaryl/α,β-unsaturated/α-hetero) is 1. The van der Waals surface area contributed by atoms with E-state index in [9.17, 15) is 9.59 Å². The summed E-state index contributed by atoms with van der Waals surface area (Å²) in [6, 6.07) is 13.0. The van der Waals surface area contributed by atoms with Crippen molar-refractivity contribution in [1.29, 1.82) is 0 Å². The summed E-state index contributed by atoms with van der Waals surface area (Å²) in [4.78, 5) is 23.8. The summed E-state index contributed by atoms with van der Waals surface area (Å²) in [6.07, 6.45) is 2.23. The van der Waals surface area contributed by atoms with E-state index in [4.69, 9.17) is 23.2 Å². The Morgan fingerprint density at radius 1 is 1.06 bits per heavy atom. The van der Waals surface area contributed by atoms with Crippen LogP contribution in [0.1, 0.15) is 42.0 Å². The molecule has 0 radical (unpaired) electrons. The van der Waals surface area contributed by atoms with Gasteiger partial charge in [-0.25, -0.2) is 0 Å². The highest BCUT2D eigenvalue weighted by Gasteiger charge is 2.17. The maximum absolute atomic E-state index is 12.7. The fourth-order valence-electron chi connectivity index (χ4n) is 3.09. The summed E-state index contributed by atoms with van der Waals surface area (Å²) in [5.41, 5.74) is 2.63. The average Bonchev–Trinajstić information content (AvgIpc) is 3.19. The molecule has 0 saturated heterocycles. The second kappa shape index (κ2) is 11.5. The lowest BCUT2D eigenvalue weighted by Gasteiger charge is -2.11. The number of carbonyl (C=O) groups is 2. The highest BCUT2D eigenvalue weighted by atomic mass is 35.5. The Balaban J connectivity index is 1.79. The van der Waals surface area contributed by atoms with Crippen molar-refractivity contribution in [3.05, 3.63) is 69.5 Å². The van der Waals surface area contributed by atoms with E-state index in [-0.39, 0.29) is 17.4 Å². The molecular formula is C23H24Cl2N4O2S. The molecule has 2 aromatic carbocycles. The van der Waals surface area contributed by atoms with Gasteiger partial charge in [0, 0.05) is 25.5 Å². The number of carbonyl (C=O) groups excluding carboxylic acids is 2. The number of amides is 1. The fraction of sp³-hybridized carbons (Fsp3) is 0.304. The molecule has 0 fully saturated rings. The highest BCUT2D eigenvalue weighted by Crippen LogP contribution is 2.29. The molecule has 168 valence electrons. The van der Waals surface area contributed by atoms with Crippen molar-refractivity contribution in [1.82, 2.24) is 20.1 Å². The molecule has 1 N–H and O–H groups in total. The van der Waals surface area contributed by atoms with Crippen LogP contribution in [0.3, 0.4) is 0 Å². The Morgan fingerprint density at radius 2 is 1.81 bits per heavy atom. The van der Waals surface area contributed by atoms with Gasteiger partial charge in [0.1, 0.15) is 5.82 Å². The van der Waals surface area contributed by atoms with E-state index in [0.29, 0.717) is 40.2 Å². The van der Waals surface area contributed by atoms with Gasteiger partial charge in [-0.2, -0.15) is 0 Å². The maximum atomic E-state index is 12.7. The minimum atomic E-state index is -0.0716. The van der Waals surface area contributed by atoms with Crippen molar-refractivity contribution in [3.63, 3.8) is 0 Å². The van der Waals surface area contributed by atoms with E-state index < -0.39 is 0 Å². The summed E-state index contributed by atoms with van der Waals surface area (Å²) in [5.74, 6) is 0.902. The van der Waals surface area contributed by atoms with Gasteiger partial charge >= 0.3 is 0 Å². The molecule has 0 spiro atoms. The third-order valence-corrected chi connectivity index (χ3v) is 6.50. The molecule has 1 heterocycles. The molecule has 0 atom stereocenters. The van der Waals surface area contributed by atoms with E-state index in [1.807, 2.05) is 34.9 Å². The molecule has 6 nitrogen and oxygen atoms in total. The Morgan fingerprint density at radius 3 is 2.47 bits per heavy atom. The van der Waals surface area contributed by atoms with Crippen LogP contribution in [0.2, 0.25) is 10.0 Å². The van der Waals surface area contributed by atoms with Gasteiger partial charge < -0.3 is 5.32 Å². The lowest BCUT2D eigenvalue weighted by atomic mass is 10.1. The number of nitrogens with one attached hydrogen (secondary N) is 1. The van der Waals surface area contributed by atoms with Crippen molar-refractivity contribution in [3.8, 4) is 5.69 Å². The first-order valence-corrected chi connectivity index (χ1v) is 12.0. The Labute approximate surface area is 201 Å². The summed E-state index contributed by atoms with van der Waals surface area (Å²) >= 11 is 13.6. The van der Waals surface area contributed by atoms with Crippen LogP contribution in [-0.2, 0) is 17.6 Å². The molecule has 3 aromatic rings. The largest absolute Gasteiger partial charge is 0.356 e. The molecule has 0 aliphatic heterocycles. The monoisotopic (exact) mass is 490 g/mol. The van der Waals surface area contributed by atoms with E-state index in [1.54, 1.807) is 12.1 Å². The molecule has 1 amide bonds. The predicted molar refractivity (Wildman–Crippen MR) is 129 cm³/mol. The summed E-state index contributed by atoms with van der Waals surface area (Å²) < 4.78 is 1.88.